The number of hydrogen-bond acceptors (Lipinski definition) is 3. The molecule has 1 N–H and O–H groups in total. The summed E-state index contributed by atoms with van der Waals surface area (Å²) in [5, 5.41) is 9.25. The van der Waals surface area contributed by atoms with Gasteiger partial charge in [0.25, 0.3) is 0 Å². The van der Waals surface area contributed by atoms with E-state index in [0.717, 1.165) is 25.3 Å². The number of hydrogen-bond donors (Lipinski definition) is 1. The Labute approximate surface area is 131 Å². The standard InChI is InChI=1S/C15H26N2O3S/c1-14(2)4-7-17(10-11-21-14)13(20)16-8-5-15(3,6-9-16)12(18)19/h4-11H2,1-3H3,(H,18,19). The fourth-order valence-corrected chi connectivity index (χ4v) is 3.92. The molecule has 2 aliphatic heterocycles. The molecule has 2 saturated heterocycles. The number of piperidine rings is 1. The van der Waals surface area contributed by atoms with Crippen molar-refractivity contribution in [3.63, 3.8) is 0 Å². The van der Waals surface area contributed by atoms with Crippen LogP contribution in [-0.2, 0) is 4.79 Å². The van der Waals surface area contributed by atoms with Crippen molar-refractivity contribution in [2.45, 2.75) is 44.8 Å². The molecular formula is C15H26N2O3S. The van der Waals surface area contributed by atoms with Crippen molar-refractivity contribution >= 4 is 23.8 Å². The summed E-state index contributed by atoms with van der Waals surface area (Å²) in [6.07, 6.45) is 2.09. The first-order chi connectivity index (χ1) is 9.73. The highest BCUT2D eigenvalue weighted by Crippen LogP contribution is 2.33. The lowest BCUT2D eigenvalue weighted by Crippen LogP contribution is -2.50. The van der Waals surface area contributed by atoms with Crippen LogP contribution in [0.4, 0.5) is 4.79 Å². The van der Waals surface area contributed by atoms with Gasteiger partial charge in [0.2, 0.25) is 0 Å². The minimum atomic E-state index is -0.748. The van der Waals surface area contributed by atoms with Gasteiger partial charge >= 0.3 is 12.0 Å². The number of nitrogens with zero attached hydrogens (tertiary/aromatic N) is 2. The summed E-state index contributed by atoms with van der Waals surface area (Å²) in [5.41, 5.74) is -0.673. The molecular weight excluding hydrogens is 288 g/mol. The number of carboxylic acids is 1. The first-order valence-corrected chi connectivity index (χ1v) is 8.63. The molecule has 0 bridgehead atoms. The second-order valence-electron chi connectivity index (χ2n) is 6.98. The molecule has 5 nitrogen and oxygen atoms in total. The first kappa shape index (κ1) is 16.5. The average Bonchev–Trinajstić information content (AvgIpc) is 2.60. The van der Waals surface area contributed by atoms with E-state index in [2.05, 4.69) is 13.8 Å². The molecule has 120 valence electrons. The predicted octanol–water partition coefficient (Wildman–Crippen LogP) is 2.51. The minimum Gasteiger partial charge on any atom is -0.481 e. The van der Waals surface area contributed by atoms with Gasteiger partial charge in [-0.25, -0.2) is 4.79 Å². The Bertz CT molecular complexity index is 417. The Morgan fingerprint density at radius 3 is 2.05 bits per heavy atom. The Hall–Kier alpha value is -0.910. The van der Waals surface area contributed by atoms with Crippen molar-refractivity contribution in [2.24, 2.45) is 5.41 Å². The lowest BCUT2D eigenvalue weighted by atomic mass is 9.80. The zero-order chi connectivity index (χ0) is 15.7. The zero-order valence-electron chi connectivity index (χ0n) is 13.2. The average molecular weight is 314 g/mol. The molecule has 0 radical (unpaired) electrons. The first-order valence-electron chi connectivity index (χ1n) is 7.65. The molecule has 6 heteroatoms. The molecule has 0 aromatic heterocycles. The Balaban J connectivity index is 1.91. The van der Waals surface area contributed by atoms with Gasteiger partial charge in [-0.15, -0.1) is 0 Å². The van der Waals surface area contributed by atoms with E-state index >= 15 is 0 Å². The Morgan fingerprint density at radius 2 is 1.48 bits per heavy atom. The van der Waals surface area contributed by atoms with Crippen LogP contribution in [0.15, 0.2) is 0 Å². The number of carboxylic acid groups (broad SMARTS) is 1. The second-order valence-corrected chi connectivity index (χ2v) is 8.78. The van der Waals surface area contributed by atoms with Gasteiger partial charge in [-0.1, -0.05) is 13.8 Å². The second kappa shape index (κ2) is 6.07. The van der Waals surface area contributed by atoms with Gasteiger partial charge < -0.3 is 14.9 Å². The molecule has 2 fully saturated rings. The number of carbonyl (C=O) groups excluding carboxylic acids is 1. The molecule has 0 aromatic carbocycles. The highest BCUT2D eigenvalue weighted by Gasteiger charge is 2.39. The van der Waals surface area contributed by atoms with Crippen LogP contribution < -0.4 is 0 Å². The molecule has 0 atom stereocenters. The number of rotatable bonds is 1. The summed E-state index contributed by atoms with van der Waals surface area (Å²) in [7, 11) is 0. The number of thioether (sulfide) groups is 1. The van der Waals surface area contributed by atoms with Gasteiger partial charge in [-0.3, -0.25) is 4.79 Å². The summed E-state index contributed by atoms with van der Waals surface area (Å²) in [5.74, 6) is 0.224. The van der Waals surface area contributed by atoms with E-state index in [1.54, 1.807) is 6.92 Å². The quantitative estimate of drug-likeness (QED) is 0.808. The zero-order valence-corrected chi connectivity index (χ0v) is 14.0. The van der Waals surface area contributed by atoms with Crippen molar-refractivity contribution in [1.29, 1.82) is 0 Å². The minimum absolute atomic E-state index is 0.0840. The van der Waals surface area contributed by atoms with Gasteiger partial charge in [-0.2, -0.15) is 11.8 Å². The van der Waals surface area contributed by atoms with Crippen molar-refractivity contribution < 1.29 is 14.7 Å². The Kier molecular flexibility index (Phi) is 4.76. The van der Waals surface area contributed by atoms with E-state index in [1.807, 2.05) is 21.6 Å². The molecule has 0 aromatic rings. The maximum absolute atomic E-state index is 12.6. The lowest BCUT2D eigenvalue weighted by Gasteiger charge is -2.38. The third-order valence-corrected chi connectivity index (χ3v) is 6.13. The molecule has 0 spiro atoms. The predicted molar refractivity (Wildman–Crippen MR) is 84.7 cm³/mol. The van der Waals surface area contributed by atoms with Crippen LogP contribution >= 0.6 is 11.8 Å². The normalized spacial score (nSPS) is 25.3. The van der Waals surface area contributed by atoms with Crippen LogP contribution in [0.3, 0.4) is 0 Å². The van der Waals surface area contributed by atoms with Crippen LogP contribution in [0.1, 0.15) is 40.0 Å². The molecule has 2 rings (SSSR count). The van der Waals surface area contributed by atoms with Gasteiger partial charge in [0.15, 0.2) is 0 Å². The van der Waals surface area contributed by atoms with E-state index in [1.165, 1.54) is 0 Å². The number of carbonyl (C=O) groups is 2. The number of aliphatic carboxylic acids is 1. The van der Waals surface area contributed by atoms with Gasteiger partial charge in [0, 0.05) is 36.7 Å². The smallest absolute Gasteiger partial charge is 0.320 e. The molecule has 0 saturated carbocycles. The molecule has 0 aliphatic carbocycles. The van der Waals surface area contributed by atoms with E-state index in [9.17, 15) is 14.7 Å². The van der Waals surface area contributed by atoms with Gasteiger partial charge in [0.1, 0.15) is 0 Å². The SMILES string of the molecule is CC1(C)CCN(C(=O)N2CCC(C)(C(=O)O)CC2)CCS1. The van der Waals surface area contributed by atoms with E-state index in [-0.39, 0.29) is 10.8 Å². The van der Waals surface area contributed by atoms with E-state index < -0.39 is 11.4 Å². The summed E-state index contributed by atoms with van der Waals surface area (Å²) in [6, 6.07) is 0.0840. The molecule has 21 heavy (non-hydrogen) atoms. The number of amides is 2. The van der Waals surface area contributed by atoms with E-state index in [0.29, 0.717) is 25.9 Å². The maximum atomic E-state index is 12.6. The van der Waals surface area contributed by atoms with Crippen LogP contribution in [0, 0.1) is 5.41 Å². The fraction of sp³-hybridized carbons (Fsp3) is 0.867. The van der Waals surface area contributed by atoms with Gasteiger partial charge in [-0.05, 0) is 26.2 Å². The molecule has 2 aliphatic rings. The summed E-state index contributed by atoms with van der Waals surface area (Å²) in [6.45, 7) is 8.92. The van der Waals surface area contributed by atoms with Crippen LogP contribution in [-0.4, -0.2) is 63.6 Å². The van der Waals surface area contributed by atoms with Gasteiger partial charge in [0.05, 0.1) is 5.41 Å². The third kappa shape index (κ3) is 3.84. The van der Waals surface area contributed by atoms with Crippen molar-refractivity contribution in [1.82, 2.24) is 9.80 Å². The lowest BCUT2D eigenvalue weighted by molar-refractivity contribution is -0.150. The number of likely N-dealkylation sites (tertiary alicyclic amines) is 1. The van der Waals surface area contributed by atoms with Crippen LogP contribution in [0.2, 0.25) is 0 Å². The monoisotopic (exact) mass is 314 g/mol. The van der Waals surface area contributed by atoms with Crippen molar-refractivity contribution in [2.75, 3.05) is 31.9 Å². The third-order valence-electron chi connectivity index (χ3n) is 4.76. The molecule has 2 heterocycles. The molecule has 2 amide bonds. The van der Waals surface area contributed by atoms with Crippen molar-refractivity contribution in [3.8, 4) is 0 Å². The van der Waals surface area contributed by atoms with E-state index in [4.69, 9.17) is 0 Å². The van der Waals surface area contributed by atoms with Crippen molar-refractivity contribution in [3.05, 3.63) is 0 Å². The van der Waals surface area contributed by atoms with Crippen LogP contribution in [0.25, 0.3) is 0 Å². The highest BCUT2D eigenvalue weighted by molar-refractivity contribution is 8.00. The van der Waals surface area contributed by atoms with Crippen LogP contribution in [0.5, 0.6) is 0 Å². The summed E-state index contributed by atoms with van der Waals surface area (Å²) >= 11 is 1.92. The Morgan fingerprint density at radius 1 is 0.952 bits per heavy atom. The largest absolute Gasteiger partial charge is 0.481 e. The maximum Gasteiger partial charge on any atom is 0.320 e. The fourth-order valence-electron chi connectivity index (χ4n) is 2.82. The molecule has 0 unspecified atom stereocenters. The summed E-state index contributed by atoms with van der Waals surface area (Å²) in [4.78, 5) is 27.6. The highest BCUT2D eigenvalue weighted by atomic mass is 32.2. The summed E-state index contributed by atoms with van der Waals surface area (Å²) < 4.78 is 0.235. The topological polar surface area (TPSA) is 60.9 Å². The number of urea groups is 1.